The molecule has 2 N–H and O–H groups in total. The van der Waals surface area contributed by atoms with Gasteiger partial charge in [0.05, 0.1) is 5.60 Å². The Hall–Kier alpha value is -0.640. The zero-order valence-corrected chi connectivity index (χ0v) is 11.3. The van der Waals surface area contributed by atoms with E-state index in [1.165, 1.54) is 6.07 Å². The molecule has 1 aliphatic rings. The average Bonchev–Trinajstić information content (AvgIpc) is 2.33. The van der Waals surface area contributed by atoms with E-state index in [-0.39, 0.29) is 11.7 Å². The second-order valence-electron chi connectivity index (χ2n) is 5.08. The third kappa shape index (κ3) is 2.85. The van der Waals surface area contributed by atoms with Crippen LogP contribution in [-0.4, -0.2) is 23.8 Å². The van der Waals surface area contributed by atoms with Gasteiger partial charge >= 0.3 is 0 Å². The van der Waals surface area contributed by atoms with Crippen LogP contribution in [-0.2, 0) is 6.42 Å². The molecule has 0 aromatic heterocycles. The lowest BCUT2D eigenvalue weighted by Crippen LogP contribution is -2.51. The van der Waals surface area contributed by atoms with Gasteiger partial charge < -0.3 is 10.4 Å². The Morgan fingerprint density at radius 1 is 1.56 bits per heavy atom. The fourth-order valence-electron chi connectivity index (χ4n) is 2.73. The van der Waals surface area contributed by atoms with Crippen molar-refractivity contribution < 1.29 is 9.50 Å². The summed E-state index contributed by atoms with van der Waals surface area (Å²) in [5, 5.41) is 14.4. The topological polar surface area (TPSA) is 32.3 Å². The van der Waals surface area contributed by atoms with Crippen molar-refractivity contribution in [3.63, 3.8) is 0 Å². The Morgan fingerprint density at radius 3 is 3.00 bits per heavy atom. The lowest BCUT2D eigenvalue weighted by Gasteiger charge is -2.40. The van der Waals surface area contributed by atoms with Crippen LogP contribution in [0.5, 0.6) is 0 Å². The standard InChI is InChI=1S/C14H19ClFNO/c1-2-11-9-17-6-5-14(11,18)8-10-3-4-12(15)7-13(10)16/h3-4,7,11,17-18H,2,5-6,8-9H2,1H3. The Morgan fingerprint density at radius 2 is 2.33 bits per heavy atom. The van der Waals surface area contributed by atoms with Crippen molar-refractivity contribution in [1.29, 1.82) is 0 Å². The summed E-state index contributed by atoms with van der Waals surface area (Å²) in [5.74, 6) is -0.161. The highest BCUT2D eigenvalue weighted by atomic mass is 35.5. The maximum Gasteiger partial charge on any atom is 0.127 e. The number of hydrogen-bond donors (Lipinski definition) is 2. The maximum atomic E-state index is 13.8. The van der Waals surface area contributed by atoms with Crippen LogP contribution in [0.3, 0.4) is 0 Å². The summed E-state index contributed by atoms with van der Waals surface area (Å²) in [4.78, 5) is 0. The molecule has 4 heteroatoms. The highest BCUT2D eigenvalue weighted by Crippen LogP contribution is 2.31. The molecule has 2 unspecified atom stereocenters. The average molecular weight is 272 g/mol. The third-order valence-corrected chi connectivity index (χ3v) is 4.12. The number of nitrogens with one attached hydrogen (secondary N) is 1. The van der Waals surface area contributed by atoms with Crippen LogP contribution >= 0.6 is 11.6 Å². The summed E-state index contributed by atoms with van der Waals surface area (Å²) in [6, 6.07) is 4.65. The second kappa shape index (κ2) is 5.55. The molecule has 0 bridgehead atoms. The van der Waals surface area contributed by atoms with Crippen LogP contribution in [0.1, 0.15) is 25.3 Å². The van der Waals surface area contributed by atoms with Crippen LogP contribution in [0.15, 0.2) is 18.2 Å². The molecule has 1 saturated heterocycles. The number of halogens is 2. The fourth-order valence-corrected chi connectivity index (χ4v) is 2.89. The smallest absolute Gasteiger partial charge is 0.127 e. The molecule has 1 heterocycles. The molecule has 18 heavy (non-hydrogen) atoms. The van der Waals surface area contributed by atoms with Gasteiger partial charge in [-0.25, -0.2) is 4.39 Å². The van der Waals surface area contributed by atoms with Gasteiger partial charge in [-0.3, -0.25) is 0 Å². The first-order valence-corrected chi connectivity index (χ1v) is 6.80. The van der Waals surface area contributed by atoms with Gasteiger partial charge in [-0.05, 0) is 37.1 Å². The number of piperidine rings is 1. The van der Waals surface area contributed by atoms with Crippen LogP contribution < -0.4 is 5.32 Å². The monoisotopic (exact) mass is 271 g/mol. The summed E-state index contributed by atoms with van der Waals surface area (Å²) in [6.45, 7) is 3.63. The normalized spacial score (nSPS) is 28.3. The molecule has 1 fully saturated rings. The number of rotatable bonds is 3. The summed E-state index contributed by atoms with van der Waals surface area (Å²) in [7, 11) is 0. The molecule has 2 rings (SSSR count). The van der Waals surface area contributed by atoms with E-state index in [0.717, 1.165) is 19.5 Å². The van der Waals surface area contributed by atoms with E-state index in [2.05, 4.69) is 12.2 Å². The van der Waals surface area contributed by atoms with E-state index in [4.69, 9.17) is 11.6 Å². The molecular formula is C14H19ClFNO. The van der Waals surface area contributed by atoms with Gasteiger partial charge in [0.1, 0.15) is 5.82 Å². The summed E-state index contributed by atoms with van der Waals surface area (Å²) in [5.41, 5.74) is -0.267. The van der Waals surface area contributed by atoms with Crippen molar-refractivity contribution in [1.82, 2.24) is 5.32 Å². The lowest BCUT2D eigenvalue weighted by atomic mass is 9.76. The highest BCUT2D eigenvalue weighted by molar-refractivity contribution is 6.30. The predicted octanol–water partition coefficient (Wildman–Crippen LogP) is 2.77. The van der Waals surface area contributed by atoms with Crippen molar-refractivity contribution in [3.8, 4) is 0 Å². The van der Waals surface area contributed by atoms with Crippen LogP contribution in [0, 0.1) is 11.7 Å². The molecule has 1 aromatic carbocycles. The van der Waals surface area contributed by atoms with E-state index in [9.17, 15) is 9.50 Å². The van der Waals surface area contributed by atoms with E-state index in [1.807, 2.05) is 0 Å². The number of benzene rings is 1. The minimum Gasteiger partial charge on any atom is -0.389 e. The van der Waals surface area contributed by atoms with Gasteiger partial charge in [-0.2, -0.15) is 0 Å². The van der Waals surface area contributed by atoms with Gasteiger partial charge in [0, 0.05) is 23.9 Å². The van der Waals surface area contributed by atoms with Crippen molar-refractivity contribution >= 4 is 11.6 Å². The van der Waals surface area contributed by atoms with E-state index < -0.39 is 5.60 Å². The molecule has 0 saturated carbocycles. The Balaban J connectivity index is 2.20. The van der Waals surface area contributed by atoms with Crippen molar-refractivity contribution in [2.24, 2.45) is 5.92 Å². The van der Waals surface area contributed by atoms with Crippen molar-refractivity contribution in [2.45, 2.75) is 31.8 Å². The van der Waals surface area contributed by atoms with Crippen LogP contribution in [0.2, 0.25) is 5.02 Å². The first-order chi connectivity index (χ1) is 8.55. The number of aliphatic hydroxyl groups is 1. The first-order valence-electron chi connectivity index (χ1n) is 6.42. The van der Waals surface area contributed by atoms with Crippen LogP contribution in [0.4, 0.5) is 4.39 Å². The summed E-state index contributed by atoms with van der Waals surface area (Å²) >= 11 is 5.74. The van der Waals surface area contributed by atoms with Gasteiger partial charge in [0.15, 0.2) is 0 Å². The largest absolute Gasteiger partial charge is 0.389 e. The minimum absolute atomic E-state index is 0.168. The quantitative estimate of drug-likeness (QED) is 0.886. The molecule has 1 aliphatic heterocycles. The zero-order valence-electron chi connectivity index (χ0n) is 10.5. The Kier molecular flexibility index (Phi) is 4.25. The molecule has 2 nitrogen and oxygen atoms in total. The van der Waals surface area contributed by atoms with E-state index >= 15 is 0 Å². The van der Waals surface area contributed by atoms with Gasteiger partial charge in [0.25, 0.3) is 0 Å². The van der Waals surface area contributed by atoms with Gasteiger partial charge in [-0.15, -0.1) is 0 Å². The van der Waals surface area contributed by atoms with E-state index in [1.54, 1.807) is 12.1 Å². The third-order valence-electron chi connectivity index (χ3n) is 3.89. The number of hydrogen-bond acceptors (Lipinski definition) is 2. The van der Waals surface area contributed by atoms with Crippen molar-refractivity contribution in [2.75, 3.05) is 13.1 Å². The predicted molar refractivity (Wildman–Crippen MR) is 71.3 cm³/mol. The lowest BCUT2D eigenvalue weighted by molar-refractivity contribution is -0.0419. The SMILES string of the molecule is CCC1CNCCC1(O)Cc1ccc(Cl)cc1F. The Labute approximate surface area is 112 Å². The maximum absolute atomic E-state index is 13.8. The first kappa shape index (κ1) is 13.8. The summed E-state index contributed by atoms with van der Waals surface area (Å²) < 4.78 is 13.8. The molecule has 0 spiro atoms. The summed E-state index contributed by atoms with van der Waals surface area (Å²) in [6.07, 6.45) is 1.91. The molecule has 0 radical (unpaired) electrons. The molecule has 1 aromatic rings. The Bertz CT molecular complexity index is 426. The van der Waals surface area contributed by atoms with Crippen molar-refractivity contribution in [3.05, 3.63) is 34.6 Å². The second-order valence-corrected chi connectivity index (χ2v) is 5.51. The zero-order chi connectivity index (χ0) is 13.2. The molecule has 2 atom stereocenters. The van der Waals surface area contributed by atoms with Gasteiger partial charge in [0.2, 0.25) is 0 Å². The minimum atomic E-state index is -0.811. The van der Waals surface area contributed by atoms with E-state index in [0.29, 0.717) is 23.4 Å². The van der Waals surface area contributed by atoms with Crippen LogP contribution in [0.25, 0.3) is 0 Å². The molecule has 0 aliphatic carbocycles. The molecule has 100 valence electrons. The molecular weight excluding hydrogens is 253 g/mol. The fraction of sp³-hybridized carbons (Fsp3) is 0.571. The van der Waals surface area contributed by atoms with Gasteiger partial charge in [-0.1, -0.05) is 24.6 Å². The highest BCUT2D eigenvalue weighted by Gasteiger charge is 2.38. The molecule has 0 amide bonds.